The largest absolute Gasteiger partial charge is 0.496 e. The van der Waals surface area contributed by atoms with Gasteiger partial charge >= 0.3 is 0 Å². The molecule has 2 aromatic rings. The molecule has 1 aromatic heterocycles. The van der Waals surface area contributed by atoms with Crippen LogP contribution in [0, 0.1) is 39.0 Å². The lowest BCUT2D eigenvalue weighted by atomic mass is 10.1. The van der Waals surface area contributed by atoms with Crippen molar-refractivity contribution in [3.05, 3.63) is 44.8 Å². The number of carbonyl (C=O) groups excluding carboxylic acids is 1. The summed E-state index contributed by atoms with van der Waals surface area (Å²) in [5, 5.41) is 12.7. The Morgan fingerprint density at radius 2 is 1.78 bits per heavy atom. The molecule has 4 nitrogen and oxygen atoms in total. The molecule has 0 aliphatic carbocycles. The first-order valence-electron chi connectivity index (χ1n) is 6.85. The first-order chi connectivity index (χ1) is 10.4. The third-order valence-electron chi connectivity index (χ3n) is 3.65. The fraction of sp³-hybridized carbons (Fsp3) is 0.294. The minimum Gasteiger partial charge on any atom is -0.496 e. The lowest BCUT2D eigenvalue weighted by molar-refractivity contribution is 0.102. The van der Waals surface area contributed by atoms with E-state index in [0.29, 0.717) is 16.1 Å². The van der Waals surface area contributed by atoms with Gasteiger partial charge in [-0.15, -0.1) is 23.7 Å². The molecule has 0 bridgehead atoms. The summed E-state index contributed by atoms with van der Waals surface area (Å²) in [6.45, 7) is 7.64. The number of hydrogen-bond donors (Lipinski definition) is 1. The SMILES string of the molecule is COc1c(C)cc(C(=O)Nc2sc(C)c(C)c2C#N)cc1C.Cl. The number of thiophene rings is 1. The molecule has 1 N–H and O–H groups in total. The van der Waals surface area contributed by atoms with Crippen molar-refractivity contribution in [1.29, 1.82) is 5.26 Å². The van der Waals surface area contributed by atoms with Gasteiger partial charge in [0.2, 0.25) is 0 Å². The van der Waals surface area contributed by atoms with E-state index in [-0.39, 0.29) is 18.3 Å². The lowest BCUT2D eigenvalue weighted by Gasteiger charge is -2.11. The summed E-state index contributed by atoms with van der Waals surface area (Å²) in [7, 11) is 1.62. The van der Waals surface area contributed by atoms with Crippen LogP contribution >= 0.6 is 23.7 Å². The second-order valence-electron chi connectivity index (χ2n) is 5.20. The van der Waals surface area contributed by atoms with Crippen molar-refractivity contribution in [2.24, 2.45) is 0 Å². The zero-order valence-electron chi connectivity index (χ0n) is 13.7. The Morgan fingerprint density at radius 1 is 1.22 bits per heavy atom. The minimum absolute atomic E-state index is 0. The first kappa shape index (κ1) is 19.0. The Kier molecular flexibility index (Phi) is 6.20. The van der Waals surface area contributed by atoms with Gasteiger partial charge in [-0.05, 0) is 56.5 Å². The third kappa shape index (κ3) is 3.66. The molecule has 122 valence electrons. The van der Waals surface area contributed by atoms with E-state index in [1.54, 1.807) is 19.2 Å². The summed E-state index contributed by atoms with van der Waals surface area (Å²) < 4.78 is 5.31. The summed E-state index contributed by atoms with van der Waals surface area (Å²) in [4.78, 5) is 13.5. The summed E-state index contributed by atoms with van der Waals surface area (Å²) >= 11 is 1.43. The standard InChI is InChI=1S/C17H18N2O2S.ClH/c1-9-6-13(7-10(2)15(9)21-5)16(20)19-17-14(8-18)11(3)12(4)22-17;/h6-7H,1-5H3,(H,19,20);1H. The van der Waals surface area contributed by atoms with Crippen LogP contribution in [0.2, 0.25) is 0 Å². The summed E-state index contributed by atoms with van der Waals surface area (Å²) in [6, 6.07) is 5.74. The second-order valence-corrected chi connectivity index (χ2v) is 6.42. The number of carbonyl (C=O) groups is 1. The van der Waals surface area contributed by atoms with Gasteiger partial charge in [0, 0.05) is 10.4 Å². The normalized spacial score (nSPS) is 9.74. The number of anilines is 1. The minimum atomic E-state index is -0.216. The quantitative estimate of drug-likeness (QED) is 0.884. The number of rotatable bonds is 3. The molecule has 1 amide bonds. The predicted molar refractivity (Wildman–Crippen MR) is 96.2 cm³/mol. The van der Waals surface area contributed by atoms with Crippen LogP contribution in [0.15, 0.2) is 12.1 Å². The van der Waals surface area contributed by atoms with E-state index >= 15 is 0 Å². The van der Waals surface area contributed by atoms with Crippen molar-refractivity contribution in [3.8, 4) is 11.8 Å². The number of methoxy groups -OCH3 is 1. The van der Waals surface area contributed by atoms with E-state index in [9.17, 15) is 10.1 Å². The molecule has 0 atom stereocenters. The van der Waals surface area contributed by atoms with Gasteiger partial charge < -0.3 is 10.1 Å². The van der Waals surface area contributed by atoms with Crippen molar-refractivity contribution in [2.75, 3.05) is 12.4 Å². The van der Waals surface area contributed by atoms with Crippen LogP contribution in [-0.4, -0.2) is 13.0 Å². The van der Waals surface area contributed by atoms with Crippen LogP contribution < -0.4 is 10.1 Å². The Hall–Kier alpha value is -2.03. The molecule has 0 radical (unpaired) electrons. The molecular formula is C17H19ClN2O2S. The molecule has 6 heteroatoms. The maximum atomic E-state index is 12.5. The van der Waals surface area contributed by atoms with Gasteiger partial charge in [0.05, 0.1) is 12.7 Å². The number of nitrogens with zero attached hydrogens (tertiary/aromatic N) is 1. The van der Waals surface area contributed by atoms with Gasteiger partial charge in [0.15, 0.2) is 0 Å². The van der Waals surface area contributed by atoms with Crippen molar-refractivity contribution in [3.63, 3.8) is 0 Å². The van der Waals surface area contributed by atoms with Gasteiger partial charge in [-0.3, -0.25) is 4.79 Å². The zero-order chi connectivity index (χ0) is 16.4. The van der Waals surface area contributed by atoms with E-state index in [1.165, 1.54) is 11.3 Å². The Labute approximate surface area is 146 Å². The maximum absolute atomic E-state index is 12.5. The van der Waals surface area contributed by atoms with Crippen molar-refractivity contribution < 1.29 is 9.53 Å². The summed E-state index contributed by atoms with van der Waals surface area (Å²) in [6.07, 6.45) is 0. The topological polar surface area (TPSA) is 62.1 Å². The molecule has 0 unspecified atom stereocenters. The molecule has 0 aliphatic rings. The van der Waals surface area contributed by atoms with Gasteiger partial charge in [-0.1, -0.05) is 0 Å². The Balaban J connectivity index is 0.00000264. The molecular weight excluding hydrogens is 332 g/mol. The van der Waals surface area contributed by atoms with Crippen molar-refractivity contribution in [2.45, 2.75) is 27.7 Å². The number of aryl methyl sites for hydroxylation is 3. The highest BCUT2D eigenvalue weighted by molar-refractivity contribution is 7.16. The predicted octanol–water partition coefficient (Wildman–Crippen LogP) is 4.54. The number of nitrogens with one attached hydrogen (secondary N) is 1. The van der Waals surface area contributed by atoms with Crippen LogP contribution in [0.3, 0.4) is 0 Å². The van der Waals surface area contributed by atoms with E-state index in [1.807, 2.05) is 27.7 Å². The van der Waals surface area contributed by atoms with Crippen molar-refractivity contribution in [1.82, 2.24) is 0 Å². The highest BCUT2D eigenvalue weighted by Crippen LogP contribution is 2.32. The molecule has 1 aromatic carbocycles. The molecule has 0 spiro atoms. The fourth-order valence-corrected chi connectivity index (χ4v) is 3.43. The average Bonchev–Trinajstić information content (AvgIpc) is 2.72. The number of ether oxygens (including phenoxy) is 1. The number of hydrogen-bond acceptors (Lipinski definition) is 4. The van der Waals surface area contributed by atoms with E-state index in [0.717, 1.165) is 27.3 Å². The average molecular weight is 351 g/mol. The molecule has 0 saturated heterocycles. The third-order valence-corrected chi connectivity index (χ3v) is 4.77. The van der Waals surface area contributed by atoms with Gasteiger partial charge in [0.25, 0.3) is 5.91 Å². The monoisotopic (exact) mass is 350 g/mol. The Morgan fingerprint density at radius 3 is 2.26 bits per heavy atom. The number of amides is 1. The van der Waals surface area contributed by atoms with E-state index in [2.05, 4.69) is 11.4 Å². The van der Waals surface area contributed by atoms with Crippen LogP contribution in [0.4, 0.5) is 5.00 Å². The van der Waals surface area contributed by atoms with E-state index < -0.39 is 0 Å². The summed E-state index contributed by atoms with van der Waals surface area (Å²) in [5.41, 5.74) is 3.84. The summed E-state index contributed by atoms with van der Waals surface area (Å²) in [5.74, 6) is 0.573. The van der Waals surface area contributed by atoms with Gasteiger partial charge in [-0.2, -0.15) is 5.26 Å². The molecule has 23 heavy (non-hydrogen) atoms. The fourth-order valence-electron chi connectivity index (χ4n) is 2.43. The molecule has 2 rings (SSSR count). The number of nitriles is 1. The molecule has 0 fully saturated rings. The number of benzene rings is 1. The number of halogens is 1. The highest BCUT2D eigenvalue weighted by Gasteiger charge is 2.17. The maximum Gasteiger partial charge on any atom is 0.256 e. The van der Waals surface area contributed by atoms with E-state index in [4.69, 9.17) is 4.74 Å². The zero-order valence-corrected chi connectivity index (χ0v) is 15.4. The second kappa shape index (κ2) is 7.49. The van der Waals surface area contributed by atoms with Crippen LogP contribution in [0.5, 0.6) is 5.75 Å². The molecule has 0 aliphatic heterocycles. The van der Waals surface area contributed by atoms with Crippen LogP contribution in [0.25, 0.3) is 0 Å². The van der Waals surface area contributed by atoms with Crippen LogP contribution in [0.1, 0.15) is 37.5 Å². The van der Waals surface area contributed by atoms with Gasteiger partial charge in [-0.25, -0.2) is 0 Å². The highest BCUT2D eigenvalue weighted by atomic mass is 35.5. The van der Waals surface area contributed by atoms with Crippen LogP contribution in [-0.2, 0) is 0 Å². The van der Waals surface area contributed by atoms with Crippen molar-refractivity contribution >= 4 is 34.7 Å². The molecule has 1 heterocycles. The Bertz CT molecular complexity index is 768. The smallest absolute Gasteiger partial charge is 0.256 e. The lowest BCUT2D eigenvalue weighted by Crippen LogP contribution is -2.12. The molecule has 0 saturated carbocycles. The first-order valence-corrected chi connectivity index (χ1v) is 7.67. The van der Waals surface area contributed by atoms with Gasteiger partial charge in [0.1, 0.15) is 16.8 Å².